The molecule has 0 aromatic heterocycles. The third-order valence-electron chi connectivity index (χ3n) is 5.70. The van der Waals surface area contributed by atoms with Crippen LogP contribution in [0.4, 0.5) is 26.3 Å². The number of benzene rings is 2. The zero-order valence-corrected chi connectivity index (χ0v) is 19.3. The van der Waals surface area contributed by atoms with Crippen LogP contribution in [0.3, 0.4) is 0 Å². The number of carbonyl (C=O) groups is 1. The monoisotopic (exact) mass is 519 g/mol. The van der Waals surface area contributed by atoms with Crippen molar-refractivity contribution in [2.75, 3.05) is 45.9 Å². The maximum Gasteiger partial charge on any atom is 0.416 e. The quantitative estimate of drug-likeness (QED) is 0.498. The van der Waals surface area contributed by atoms with Gasteiger partial charge in [0.15, 0.2) is 0 Å². The summed E-state index contributed by atoms with van der Waals surface area (Å²) in [6.45, 7) is 2.88. The Balaban J connectivity index is 1.32. The molecule has 1 fully saturated rings. The largest absolute Gasteiger partial charge is 0.491 e. The number of rotatable bonds is 9. The standard InChI is InChI=1S/C24H27F6N3O3/c25-23(26,27)18-3-1-17(2-4-18)13-31-22(35)15-33-11-9-32(10-12-33)14-20(34)16-36-21-7-5-19(6-8-21)24(28,29)30/h1-8,20,34H,9-16H2,(H,31,35)/t20-/m0/s1. The summed E-state index contributed by atoms with van der Waals surface area (Å²) in [5, 5.41) is 12.9. The number of carbonyl (C=O) groups excluding carboxylic acids is 1. The fraction of sp³-hybridized carbons (Fsp3) is 0.458. The molecule has 6 nitrogen and oxygen atoms in total. The Hall–Kier alpha value is -2.83. The summed E-state index contributed by atoms with van der Waals surface area (Å²) < 4.78 is 81.0. The first-order valence-corrected chi connectivity index (χ1v) is 11.3. The first kappa shape index (κ1) is 27.8. The van der Waals surface area contributed by atoms with Crippen LogP contribution in [0.15, 0.2) is 48.5 Å². The minimum absolute atomic E-state index is 0.0715. The fourth-order valence-corrected chi connectivity index (χ4v) is 3.68. The van der Waals surface area contributed by atoms with E-state index in [0.29, 0.717) is 38.3 Å². The number of ether oxygens (including phenoxy) is 1. The Morgan fingerprint density at radius 3 is 1.89 bits per heavy atom. The van der Waals surface area contributed by atoms with Gasteiger partial charge in [0.25, 0.3) is 0 Å². The molecule has 0 bridgehead atoms. The van der Waals surface area contributed by atoms with Crippen molar-refractivity contribution >= 4 is 5.91 Å². The van der Waals surface area contributed by atoms with Crippen LogP contribution in [0.5, 0.6) is 5.75 Å². The maximum absolute atomic E-state index is 12.6. The van der Waals surface area contributed by atoms with Gasteiger partial charge in [-0.15, -0.1) is 0 Å². The van der Waals surface area contributed by atoms with E-state index in [1.54, 1.807) is 0 Å². The lowest BCUT2D eigenvalue weighted by molar-refractivity contribution is -0.138. The summed E-state index contributed by atoms with van der Waals surface area (Å²) in [7, 11) is 0. The van der Waals surface area contributed by atoms with E-state index in [0.717, 1.165) is 24.3 Å². The number of β-amino-alcohol motifs (C(OH)–C–C–N with tert-alkyl or cyclic N) is 1. The van der Waals surface area contributed by atoms with E-state index >= 15 is 0 Å². The van der Waals surface area contributed by atoms with Crippen LogP contribution in [0, 0.1) is 0 Å². The number of hydrogen-bond acceptors (Lipinski definition) is 5. The van der Waals surface area contributed by atoms with Crippen LogP contribution < -0.4 is 10.1 Å². The van der Waals surface area contributed by atoms with Gasteiger partial charge in [-0.25, -0.2) is 0 Å². The van der Waals surface area contributed by atoms with Crippen molar-refractivity contribution in [3.63, 3.8) is 0 Å². The molecule has 2 aromatic carbocycles. The highest BCUT2D eigenvalue weighted by atomic mass is 19.4. The number of nitrogens with zero attached hydrogens (tertiary/aromatic N) is 2. The van der Waals surface area contributed by atoms with E-state index in [-0.39, 0.29) is 31.4 Å². The lowest BCUT2D eigenvalue weighted by Crippen LogP contribution is -2.51. The van der Waals surface area contributed by atoms with Gasteiger partial charge in [-0.05, 0) is 42.0 Å². The van der Waals surface area contributed by atoms with Crippen LogP contribution in [0.2, 0.25) is 0 Å². The van der Waals surface area contributed by atoms with Crippen molar-refractivity contribution in [1.29, 1.82) is 0 Å². The van der Waals surface area contributed by atoms with Crippen LogP contribution in [-0.2, 0) is 23.7 Å². The molecule has 2 aromatic rings. The second-order valence-electron chi connectivity index (χ2n) is 8.54. The van der Waals surface area contributed by atoms with Crippen molar-refractivity contribution in [2.45, 2.75) is 25.0 Å². The maximum atomic E-state index is 12.6. The van der Waals surface area contributed by atoms with Gasteiger partial charge >= 0.3 is 12.4 Å². The predicted molar refractivity (Wildman–Crippen MR) is 119 cm³/mol. The second kappa shape index (κ2) is 11.9. The van der Waals surface area contributed by atoms with Gasteiger partial charge in [-0.1, -0.05) is 12.1 Å². The van der Waals surface area contributed by atoms with Crippen LogP contribution in [0.1, 0.15) is 16.7 Å². The number of aliphatic hydroxyl groups is 1. The van der Waals surface area contributed by atoms with Crippen LogP contribution in [0.25, 0.3) is 0 Å². The lowest BCUT2D eigenvalue weighted by atomic mass is 10.1. The Labute approximate surface area is 204 Å². The van der Waals surface area contributed by atoms with Gasteiger partial charge < -0.3 is 15.2 Å². The Bertz CT molecular complexity index is 973. The molecule has 36 heavy (non-hydrogen) atoms. The molecule has 1 atom stereocenters. The minimum Gasteiger partial charge on any atom is -0.491 e. The average Bonchev–Trinajstić information content (AvgIpc) is 2.82. The van der Waals surface area contributed by atoms with E-state index in [1.807, 2.05) is 9.80 Å². The average molecular weight is 519 g/mol. The Kier molecular flexibility index (Phi) is 9.20. The molecular formula is C24H27F6N3O3. The normalized spacial score (nSPS) is 16.5. The zero-order valence-electron chi connectivity index (χ0n) is 19.3. The van der Waals surface area contributed by atoms with E-state index < -0.39 is 29.6 Å². The van der Waals surface area contributed by atoms with Gasteiger partial charge in [-0.3, -0.25) is 14.6 Å². The molecule has 198 valence electrons. The van der Waals surface area contributed by atoms with Gasteiger partial charge in [0, 0.05) is 39.3 Å². The predicted octanol–water partition coefficient (Wildman–Crippen LogP) is 3.40. The third-order valence-corrected chi connectivity index (χ3v) is 5.70. The summed E-state index contributed by atoms with van der Waals surface area (Å²) in [5.74, 6) is -0.0116. The molecule has 0 saturated carbocycles. The van der Waals surface area contributed by atoms with Gasteiger partial charge in [0.1, 0.15) is 18.5 Å². The Morgan fingerprint density at radius 2 is 1.36 bits per heavy atom. The van der Waals surface area contributed by atoms with Gasteiger partial charge in [-0.2, -0.15) is 26.3 Å². The smallest absolute Gasteiger partial charge is 0.416 e. The van der Waals surface area contributed by atoms with Gasteiger partial charge in [0.2, 0.25) is 5.91 Å². The summed E-state index contributed by atoms with van der Waals surface area (Å²) in [6.07, 6.45) is -9.67. The van der Waals surface area contributed by atoms with Crippen molar-refractivity contribution in [2.24, 2.45) is 0 Å². The van der Waals surface area contributed by atoms with Crippen LogP contribution in [-0.4, -0.2) is 72.8 Å². The first-order chi connectivity index (χ1) is 16.9. The molecule has 0 spiro atoms. The van der Waals surface area contributed by atoms with E-state index in [2.05, 4.69) is 5.32 Å². The first-order valence-electron chi connectivity index (χ1n) is 11.3. The van der Waals surface area contributed by atoms with E-state index in [4.69, 9.17) is 4.74 Å². The molecule has 1 saturated heterocycles. The molecule has 0 unspecified atom stereocenters. The van der Waals surface area contributed by atoms with E-state index in [1.165, 1.54) is 24.3 Å². The molecule has 0 radical (unpaired) electrons. The highest BCUT2D eigenvalue weighted by Crippen LogP contribution is 2.30. The third kappa shape index (κ3) is 8.68. The number of hydrogen-bond donors (Lipinski definition) is 2. The van der Waals surface area contributed by atoms with Crippen molar-refractivity contribution in [3.05, 3.63) is 65.2 Å². The number of nitrogens with one attached hydrogen (secondary N) is 1. The summed E-state index contributed by atoms with van der Waals surface area (Å²) >= 11 is 0. The molecule has 0 aliphatic carbocycles. The summed E-state index contributed by atoms with van der Waals surface area (Å²) in [4.78, 5) is 16.1. The molecule has 1 amide bonds. The lowest BCUT2D eigenvalue weighted by Gasteiger charge is -2.35. The van der Waals surface area contributed by atoms with Crippen LogP contribution >= 0.6 is 0 Å². The number of amides is 1. The molecule has 1 aliphatic rings. The number of alkyl halides is 6. The molecule has 3 rings (SSSR count). The highest BCUT2D eigenvalue weighted by molar-refractivity contribution is 5.78. The van der Waals surface area contributed by atoms with Crippen molar-refractivity contribution in [3.8, 4) is 5.75 Å². The fourth-order valence-electron chi connectivity index (χ4n) is 3.68. The molecule has 12 heteroatoms. The molecule has 2 N–H and O–H groups in total. The topological polar surface area (TPSA) is 65.0 Å². The molecular weight excluding hydrogens is 492 g/mol. The van der Waals surface area contributed by atoms with Gasteiger partial charge in [0.05, 0.1) is 17.7 Å². The zero-order chi connectivity index (χ0) is 26.3. The minimum atomic E-state index is -4.42. The van der Waals surface area contributed by atoms with Crippen molar-refractivity contribution < 1.29 is 41.0 Å². The number of piperazine rings is 1. The second-order valence-corrected chi connectivity index (χ2v) is 8.54. The Morgan fingerprint density at radius 1 is 0.861 bits per heavy atom. The summed E-state index contributed by atoms with van der Waals surface area (Å²) in [5.41, 5.74) is -0.957. The van der Waals surface area contributed by atoms with E-state index in [9.17, 15) is 36.2 Å². The SMILES string of the molecule is O=C(CN1CCN(C[C@H](O)COc2ccc(C(F)(F)F)cc2)CC1)NCc1ccc(C(F)(F)F)cc1. The van der Waals surface area contributed by atoms with Crippen molar-refractivity contribution in [1.82, 2.24) is 15.1 Å². The highest BCUT2D eigenvalue weighted by Gasteiger charge is 2.31. The number of halogens is 6. The summed E-state index contributed by atoms with van der Waals surface area (Å²) in [6, 6.07) is 8.85. The molecule has 1 heterocycles. The number of aliphatic hydroxyl groups excluding tert-OH is 1. The molecule has 1 aliphatic heterocycles.